The molecule has 1 saturated carbocycles. The molecule has 24 heavy (non-hydrogen) atoms. The van der Waals surface area contributed by atoms with Crippen LogP contribution in [0.15, 0.2) is 23.0 Å². The van der Waals surface area contributed by atoms with Crippen molar-refractivity contribution in [2.45, 2.75) is 18.8 Å². The number of rotatable bonds is 4. The number of aromatic hydroxyl groups is 1. The number of hydrogen-bond acceptors (Lipinski definition) is 5. The number of phenols is 1. The van der Waals surface area contributed by atoms with Gasteiger partial charge in [-0.15, -0.1) is 0 Å². The number of carboxylic acid groups (broad SMARTS) is 2. The number of hydrogen-bond donors (Lipinski definition) is 5. The summed E-state index contributed by atoms with van der Waals surface area (Å²) in [5.41, 5.74) is 3.63. The van der Waals surface area contributed by atoms with Gasteiger partial charge in [0.25, 0.3) is 5.56 Å². The van der Waals surface area contributed by atoms with E-state index in [0.29, 0.717) is 0 Å². The van der Waals surface area contributed by atoms with Crippen molar-refractivity contribution < 1.29 is 24.9 Å². The number of phenolic OH excluding ortho intramolecular Hbond substituents is 1. The third-order valence-corrected chi connectivity index (χ3v) is 4.01. The molecule has 124 valence electrons. The number of nitrogens with two attached hydrogens (primary N) is 1. The summed E-state index contributed by atoms with van der Waals surface area (Å²) in [6.07, 6.45) is 1.92. The Kier molecular flexibility index (Phi) is 3.52. The minimum atomic E-state index is -1.61. The average molecular weight is 330 g/mol. The van der Waals surface area contributed by atoms with Crippen molar-refractivity contribution in [2.24, 2.45) is 0 Å². The average Bonchev–Trinajstić information content (AvgIpc) is 3.30. The van der Waals surface area contributed by atoms with Crippen LogP contribution in [0.5, 0.6) is 5.75 Å². The van der Waals surface area contributed by atoms with Crippen LogP contribution in [0.3, 0.4) is 0 Å². The third-order valence-electron chi connectivity index (χ3n) is 4.01. The van der Waals surface area contributed by atoms with Crippen molar-refractivity contribution in [1.29, 1.82) is 0 Å². The van der Waals surface area contributed by atoms with E-state index in [1.54, 1.807) is 6.07 Å². The van der Waals surface area contributed by atoms with Crippen LogP contribution >= 0.6 is 0 Å². The summed E-state index contributed by atoms with van der Waals surface area (Å²) in [5.74, 6) is -3.62. The van der Waals surface area contributed by atoms with Crippen molar-refractivity contribution in [2.75, 3.05) is 5.73 Å². The second kappa shape index (κ2) is 5.41. The van der Waals surface area contributed by atoms with Gasteiger partial charge in [-0.25, -0.2) is 9.59 Å². The Bertz CT molecular complexity index is 927. The predicted molar refractivity (Wildman–Crippen MR) is 84.5 cm³/mol. The Morgan fingerprint density at radius 2 is 1.75 bits per heavy atom. The molecule has 0 saturated heterocycles. The van der Waals surface area contributed by atoms with E-state index in [2.05, 4.69) is 0 Å². The summed E-state index contributed by atoms with van der Waals surface area (Å²) < 4.78 is 0. The number of benzene rings is 1. The number of anilines is 1. The first-order valence-electron chi connectivity index (χ1n) is 7.17. The lowest BCUT2D eigenvalue weighted by molar-refractivity contribution is 0.0695. The Balaban J connectivity index is 2.42. The number of carboxylic acids is 2. The molecule has 1 aliphatic rings. The summed E-state index contributed by atoms with van der Waals surface area (Å²) in [6.45, 7) is 0. The summed E-state index contributed by atoms with van der Waals surface area (Å²) in [5, 5.41) is 28.9. The van der Waals surface area contributed by atoms with E-state index in [1.807, 2.05) is 4.98 Å². The first kappa shape index (κ1) is 15.6. The Morgan fingerprint density at radius 1 is 1.12 bits per heavy atom. The highest BCUT2D eigenvalue weighted by molar-refractivity contribution is 6.08. The molecule has 2 aromatic rings. The van der Waals surface area contributed by atoms with E-state index in [-0.39, 0.29) is 17.2 Å². The standard InChI is InChI=1S/C16H14N2O6/c17-13-11(15(21)22)10(12(16(23)24)14(20)18-13)8-5-7(6-1-2-6)3-4-9(8)19/h3-6,19H,1-2H2,(H,21,22)(H,23,24)(H3,17,18,20). The number of aromatic amines is 1. The number of H-pyrrole nitrogens is 1. The van der Waals surface area contributed by atoms with Crippen LogP contribution in [0.4, 0.5) is 5.82 Å². The van der Waals surface area contributed by atoms with Crippen LogP contribution in [0.1, 0.15) is 45.0 Å². The molecule has 0 amide bonds. The van der Waals surface area contributed by atoms with Gasteiger partial charge in [-0.3, -0.25) is 4.79 Å². The molecule has 0 radical (unpaired) electrons. The van der Waals surface area contributed by atoms with Gasteiger partial charge in [0.15, 0.2) is 0 Å². The Hall–Kier alpha value is -3.29. The lowest BCUT2D eigenvalue weighted by atomic mass is 9.92. The molecule has 1 heterocycles. The fraction of sp³-hybridized carbons (Fsp3) is 0.188. The number of pyridine rings is 1. The fourth-order valence-electron chi connectivity index (χ4n) is 2.74. The normalized spacial score (nSPS) is 13.7. The second-order valence-corrected chi connectivity index (χ2v) is 5.65. The lowest BCUT2D eigenvalue weighted by Gasteiger charge is -2.14. The van der Waals surface area contributed by atoms with Crippen LogP contribution in [-0.4, -0.2) is 32.2 Å². The summed E-state index contributed by atoms with van der Waals surface area (Å²) in [4.78, 5) is 37.1. The highest BCUT2D eigenvalue weighted by Crippen LogP contribution is 2.44. The largest absolute Gasteiger partial charge is 0.507 e. The zero-order valence-electron chi connectivity index (χ0n) is 12.4. The molecule has 1 aromatic carbocycles. The molecule has 0 spiro atoms. The number of aromatic nitrogens is 1. The van der Waals surface area contributed by atoms with Gasteiger partial charge in [0.1, 0.15) is 22.7 Å². The van der Waals surface area contributed by atoms with E-state index >= 15 is 0 Å². The quantitative estimate of drug-likeness (QED) is 0.570. The van der Waals surface area contributed by atoms with Crippen LogP contribution in [0, 0.1) is 0 Å². The maximum atomic E-state index is 12.0. The molecule has 0 aliphatic heterocycles. The van der Waals surface area contributed by atoms with Gasteiger partial charge in [-0.1, -0.05) is 6.07 Å². The Labute approximate surface area is 135 Å². The molecule has 8 heteroatoms. The maximum absolute atomic E-state index is 12.0. The number of nitrogen functional groups attached to an aromatic ring is 1. The van der Waals surface area contributed by atoms with Gasteiger partial charge in [0, 0.05) is 11.1 Å². The molecule has 1 aliphatic carbocycles. The van der Waals surface area contributed by atoms with Crippen LogP contribution in [0.2, 0.25) is 0 Å². The van der Waals surface area contributed by atoms with E-state index < -0.39 is 40.0 Å². The van der Waals surface area contributed by atoms with Crippen molar-refractivity contribution >= 4 is 17.8 Å². The Morgan fingerprint density at radius 3 is 2.29 bits per heavy atom. The predicted octanol–water partition coefficient (Wildman–Crippen LogP) is 1.60. The van der Waals surface area contributed by atoms with E-state index in [1.165, 1.54) is 12.1 Å². The van der Waals surface area contributed by atoms with E-state index in [0.717, 1.165) is 18.4 Å². The topological polar surface area (TPSA) is 154 Å². The highest BCUT2D eigenvalue weighted by Gasteiger charge is 2.30. The van der Waals surface area contributed by atoms with Crippen molar-refractivity contribution in [3.63, 3.8) is 0 Å². The lowest BCUT2D eigenvalue weighted by Crippen LogP contribution is -2.24. The summed E-state index contributed by atoms with van der Waals surface area (Å²) >= 11 is 0. The van der Waals surface area contributed by atoms with Gasteiger partial charge >= 0.3 is 11.9 Å². The van der Waals surface area contributed by atoms with E-state index in [4.69, 9.17) is 5.73 Å². The van der Waals surface area contributed by atoms with Gasteiger partial charge in [-0.2, -0.15) is 0 Å². The molecule has 0 unspecified atom stereocenters. The maximum Gasteiger partial charge on any atom is 0.342 e. The number of nitrogens with one attached hydrogen (secondary N) is 1. The zero-order chi connectivity index (χ0) is 17.6. The fourth-order valence-corrected chi connectivity index (χ4v) is 2.74. The van der Waals surface area contributed by atoms with Gasteiger partial charge < -0.3 is 26.0 Å². The van der Waals surface area contributed by atoms with Crippen molar-refractivity contribution in [1.82, 2.24) is 4.98 Å². The first-order valence-corrected chi connectivity index (χ1v) is 7.17. The molecule has 0 atom stereocenters. The van der Waals surface area contributed by atoms with Gasteiger partial charge in [0.2, 0.25) is 0 Å². The van der Waals surface area contributed by atoms with Gasteiger partial charge in [0.05, 0.1) is 0 Å². The van der Waals surface area contributed by atoms with Crippen molar-refractivity contribution in [3.8, 4) is 16.9 Å². The molecule has 1 aromatic heterocycles. The highest BCUT2D eigenvalue weighted by atomic mass is 16.4. The van der Waals surface area contributed by atoms with Gasteiger partial charge in [-0.05, 0) is 36.5 Å². The molecule has 0 bridgehead atoms. The second-order valence-electron chi connectivity index (χ2n) is 5.65. The summed E-state index contributed by atoms with van der Waals surface area (Å²) in [7, 11) is 0. The minimum absolute atomic E-state index is 0.0352. The van der Waals surface area contributed by atoms with Crippen LogP contribution in [-0.2, 0) is 0 Å². The van der Waals surface area contributed by atoms with Crippen molar-refractivity contribution in [3.05, 3.63) is 45.2 Å². The molecule has 6 N–H and O–H groups in total. The van der Waals surface area contributed by atoms with Crippen LogP contribution in [0.25, 0.3) is 11.1 Å². The SMILES string of the molecule is Nc1[nH]c(=O)c(C(=O)O)c(-c2cc(C3CC3)ccc2O)c1C(=O)O. The summed E-state index contributed by atoms with van der Waals surface area (Å²) in [6, 6.07) is 4.56. The smallest absolute Gasteiger partial charge is 0.342 e. The molecular weight excluding hydrogens is 316 g/mol. The molecule has 3 rings (SSSR count). The number of carbonyl (C=O) groups is 2. The molecule has 8 nitrogen and oxygen atoms in total. The molecular formula is C16H14N2O6. The van der Waals surface area contributed by atoms with Crippen LogP contribution < -0.4 is 11.3 Å². The minimum Gasteiger partial charge on any atom is -0.507 e. The number of aromatic carboxylic acids is 2. The van der Waals surface area contributed by atoms with E-state index in [9.17, 15) is 29.7 Å². The molecule has 1 fully saturated rings. The first-order chi connectivity index (χ1) is 11.3. The zero-order valence-corrected chi connectivity index (χ0v) is 12.4. The third kappa shape index (κ3) is 2.47. The monoisotopic (exact) mass is 330 g/mol.